The van der Waals surface area contributed by atoms with E-state index in [-0.39, 0.29) is 0 Å². The van der Waals surface area contributed by atoms with Crippen LogP contribution >= 0.6 is 0 Å². The molecule has 2 nitrogen and oxygen atoms in total. The SMILES string of the molecule is c1ccc(-n2c3ccccc3c3cc4c(cc32)Nc2cccc3cccc-4c23)cc1. The molecule has 0 amide bonds. The van der Waals surface area contributed by atoms with E-state index in [0.29, 0.717) is 0 Å². The molecule has 1 N–H and O–H groups in total. The van der Waals surface area contributed by atoms with Crippen molar-refractivity contribution in [2.45, 2.75) is 0 Å². The summed E-state index contributed by atoms with van der Waals surface area (Å²) >= 11 is 0. The lowest BCUT2D eigenvalue weighted by molar-refractivity contribution is 1.18. The molecule has 0 saturated heterocycles. The first-order valence-corrected chi connectivity index (χ1v) is 10.3. The molecule has 0 spiro atoms. The van der Waals surface area contributed by atoms with Crippen LogP contribution in [0.25, 0.3) is 49.4 Å². The van der Waals surface area contributed by atoms with Gasteiger partial charge in [-0.1, -0.05) is 66.7 Å². The molecule has 0 saturated carbocycles. The van der Waals surface area contributed by atoms with Crippen LogP contribution in [0.15, 0.2) is 103 Å². The minimum atomic E-state index is 1.16. The molecule has 1 aromatic heterocycles. The molecule has 1 aliphatic heterocycles. The molecule has 7 rings (SSSR count). The highest BCUT2D eigenvalue weighted by molar-refractivity contribution is 6.17. The van der Waals surface area contributed by atoms with Crippen molar-refractivity contribution in [2.75, 3.05) is 5.32 Å². The number of aromatic nitrogens is 1. The van der Waals surface area contributed by atoms with Crippen molar-refractivity contribution in [1.82, 2.24) is 4.57 Å². The Morgan fingerprint density at radius 1 is 0.533 bits per heavy atom. The molecule has 30 heavy (non-hydrogen) atoms. The molecule has 0 radical (unpaired) electrons. The van der Waals surface area contributed by atoms with Crippen LogP contribution in [0.4, 0.5) is 11.4 Å². The van der Waals surface area contributed by atoms with Crippen molar-refractivity contribution in [2.24, 2.45) is 0 Å². The van der Waals surface area contributed by atoms with Gasteiger partial charge in [0.25, 0.3) is 0 Å². The maximum atomic E-state index is 3.71. The maximum Gasteiger partial charge on any atom is 0.0562 e. The third-order valence-corrected chi connectivity index (χ3v) is 6.29. The van der Waals surface area contributed by atoms with E-state index in [0.717, 1.165) is 5.69 Å². The van der Waals surface area contributed by atoms with Crippen molar-refractivity contribution in [3.8, 4) is 16.8 Å². The van der Waals surface area contributed by atoms with Crippen LogP contribution in [0.3, 0.4) is 0 Å². The van der Waals surface area contributed by atoms with E-state index in [2.05, 4.69) is 113 Å². The summed E-state index contributed by atoms with van der Waals surface area (Å²) < 4.78 is 2.37. The van der Waals surface area contributed by atoms with Crippen LogP contribution in [-0.2, 0) is 0 Å². The number of nitrogens with one attached hydrogen (secondary N) is 1. The lowest BCUT2D eigenvalue weighted by atomic mass is 9.91. The summed E-state index contributed by atoms with van der Waals surface area (Å²) in [6, 6.07) is 37.1. The topological polar surface area (TPSA) is 17.0 Å². The van der Waals surface area contributed by atoms with Gasteiger partial charge in [0.15, 0.2) is 0 Å². The molecular weight excluding hydrogens is 364 g/mol. The number of para-hydroxylation sites is 2. The van der Waals surface area contributed by atoms with Gasteiger partial charge in [-0.2, -0.15) is 0 Å². The third-order valence-electron chi connectivity index (χ3n) is 6.29. The van der Waals surface area contributed by atoms with E-state index in [4.69, 9.17) is 0 Å². The van der Waals surface area contributed by atoms with Gasteiger partial charge in [0.05, 0.1) is 11.0 Å². The second-order valence-corrected chi connectivity index (χ2v) is 7.94. The van der Waals surface area contributed by atoms with Gasteiger partial charge in [-0.15, -0.1) is 0 Å². The normalized spacial score (nSPS) is 12.3. The predicted molar refractivity (Wildman–Crippen MR) is 127 cm³/mol. The summed E-state index contributed by atoms with van der Waals surface area (Å²) in [6.45, 7) is 0. The quantitative estimate of drug-likeness (QED) is 0.308. The Labute approximate surface area is 174 Å². The van der Waals surface area contributed by atoms with Gasteiger partial charge in [0.2, 0.25) is 0 Å². The van der Waals surface area contributed by atoms with Gasteiger partial charge in [-0.25, -0.2) is 0 Å². The highest BCUT2D eigenvalue weighted by atomic mass is 15.0. The van der Waals surface area contributed by atoms with Gasteiger partial charge in [0, 0.05) is 38.8 Å². The number of hydrogen-bond donors (Lipinski definition) is 1. The highest BCUT2D eigenvalue weighted by Gasteiger charge is 2.21. The summed E-state index contributed by atoms with van der Waals surface area (Å²) in [5.74, 6) is 0. The second-order valence-electron chi connectivity index (χ2n) is 7.94. The number of rotatable bonds is 1. The van der Waals surface area contributed by atoms with Crippen LogP contribution < -0.4 is 5.32 Å². The van der Waals surface area contributed by atoms with Crippen molar-refractivity contribution >= 4 is 44.0 Å². The molecule has 5 aromatic carbocycles. The first-order valence-electron chi connectivity index (χ1n) is 10.3. The average molecular weight is 382 g/mol. The third kappa shape index (κ3) is 2.03. The zero-order valence-electron chi connectivity index (χ0n) is 16.3. The van der Waals surface area contributed by atoms with Gasteiger partial charge < -0.3 is 9.88 Å². The van der Waals surface area contributed by atoms with Gasteiger partial charge in [-0.05, 0) is 47.3 Å². The Bertz CT molecular complexity index is 1600. The average Bonchev–Trinajstić information content (AvgIpc) is 3.12. The Morgan fingerprint density at radius 3 is 2.23 bits per heavy atom. The first kappa shape index (κ1) is 15.8. The van der Waals surface area contributed by atoms with E-state index in [1.807, 2.05) is 0 Å². The van der Waals surface area contributed by atoms with E-state index in [1.54, 1.807) is 0 Å². The molecule has 0 fully saturated rings. The zero-order valence-corrected chi connectivity index (χ0v) is 16.3. The first-order chi connectivity index (χ1) is 14.9. The number of hydrogen-bond acceptors (Lipinski definition) is 1. The Morgan fingerprint density at radius 2 is 1.33 bits per heavy atom. The fourth-order valence-corrected chi connectivity index (χ4v) is 5.01. The Balaban J connectivity index is 1.63. The maximum absolute atomic E-state index is 3.71. The fourth-order valence-electron chi connectivity index (χ4n) is 5.01. The van der Waals surface area contributed by atoms with Crippen LogP contribution in [0.2, 0.25) is 0 Å². The lowest BCUT2D eigenvalue weighted by Gasteiger charge is -2.23. The van der Waals surface area contributed by atoms with Crippen molar-refractivity contribution in [3.05, 3.63) is 103 Å². The van der Waals surface area contributed by atoms with E-state index in [1.165, 1.54) is 55.1 Å². The zero-order chi connectivity index (χ0) is 19.7. The molecule has 140 valence electrons. The smallest absolute Gasteiger partial charge is 0.0562 e. The fraction of sp³-hybridized carbons (Fsp3) is 0. The Hall–Kier alpha value is -4.04. The molecule has 0 unspecified atom stereocenters. The summed E-state index contributed by atoms with van der Waals surface area (Å²) in [6.07, 6.45) is 0. The predicted octanol–water partition coefficient (Wildman–Crippen LogP) is 7.66. The summed E-state index contributed by atoms with van der Waals surface area (Å²) in [7, 11) is 0. The van der Waals surface area contributed by atoms with Gasteiger partial charge in [0.1, 0.15) is 0 Å². The van der Waals surface area contributed by atoms with E-state index >= 15 is 0 Å². The van der Waals surface area contributed by atoms with Crippen LogP contribution in [0, 0.1) is 0 Å². The standard InChI is InChI=1S/C28H18N2/c1-2-10-19(11-3-1)30-26-15-5-4-12-20(26)23-16-22-21-13-6-8-18-9-7-14-24(28(18)21)29-25(22)17-27(23)30/h1-17,29H. The number of fused-ring (bicyclic) bond motifs is 5. The molecular formula is C28H18N2. The molecule has 0 atom stereocenters. The van der Waals surface area contributed by atoms with Crippen molar-refractivity contribution < 1.29 is 0 Å². The monoisotopic (exact) mass is 382 g/mol. The van der Waals surface area contributed by atoms with Gasteiger partial charge in [-0.3, -0.25) is 0 Å². The van der Waals surface area contributed by atoms with Gasteiger partial charge >= 0.3 is 0 Å². The van der Waals surface area contributed by atoms with Crippen molar-refractivity contribution in [1.29, 1.82) is 0 Å². The molecule has 0 bridgehead atoms. The number of nitrogens with zero attached hydrogens (tertiary/aromatic N) is 1. The molecule has 1 aliphatic rings. The molecule has 2 heteroatoms. The van der Waals surface area contributed by atoms with E-state index < -0.39 is 0 Å². The van der Waals surface area contributed by atoms with Crippen LogP contribution in [0.5, 0.6) is 0 Å². The molecule has 6 aromatic rings. The summed E-state index contributed by atoms with van der Waals surface area (Å²) in [4.78, 5) is 0. The molecule has 0 aliphatic carbocycles. The number of anilines is 2. The summed E-state index contributed by atoms with van der Waals surface area (Å²) in [5.41, 5.74) is 8.54. The van der Waals surface area contributed by atoms with Crippen LogP contribution in [-0.4, -0.2) is 4.57 Å². The highest BCUT2D eigenvalue weighted by Crippen LogP contribution is 2.46. The minimum Gasteiger partial charge on any atom is -0.354 e. The molecule has 2 heterocycles. The van der Waals surface area contributed by atoms with Crippen LogP contribution in [0.1, 0.15) is 0 Å². The Kier molecular flexibility index (Phi) is 3.03. The lowest BCUT2D eigenvalue weighted by Crippen LogP contribution is -2.01. The summed E-state index contributed by atoms with van der Waals surface area (Å²) in [5, 5.41) is 8.85. The number of benzene rings is 5. The largest absolute Gasteiger partial charge is 0.354 e. The second kappa shape index (κ2) is 5.74. The minimum absolute atomic E-state index is 1.16. The van der Waals surface area contributed by atoms with Crippen molar-refractivity contribution in [3.63, 3.8) is 0 Å². The van der Waals surface area contributed by atoms with E-state index in [9.17, 15) is 0 Å².